The third-order valence-corrected chi connectivity index (χ3v) is 8.66. The van der Waals surface area contributed by atoms with Crippen molar-refractivity contribution >= 4 is 49.8 Å². The first-order chi connectivity index (χ1) is 27.2. The van der Waals surface area contributed by atoms with Crippen molar-refractivity contribution in [3.63, 3.8) is 0 Å². The second kappa shape index (κ2) is 11.8. The van der Waals surface area contributed by atoms with Gasteiger partial charge in [-0.3, -0.25) is 0 Å². The minimum absolute atomic E-state index is 0.0168. The minimum atomic E-state index is -0.457. The fraction of sp³-hybridized carbons (Fsp3) is 0. The predicted octanol–water partition coefficient (Wildman–Crippen LogP) is 13.2. The SMILES string of the molecule is [2H]c1c([2H])c(-c2ccccc2)c2c(oc3c4c([2H])c([2H])c([2H])c([2H])c4c(-c4ccc(-c5ccc(N(c6ccccc6)c6ccccc6)cc5)cc4)c([2H])c32)c1[2H]. The van der Waals surface area contributed by atoms with Gasteiger partial charge in [0.2, 0.25) is 0 Å². The number of rotatable bonds is 6. The highest BCUT2D eigenvalue weighted by Gasteiger charge is 2.18. The van der Waals surface area contributed by atoms with Crippen molar-refractivity contribution in [2.75, 3.05) is 4.90 Å². The average molecular weight is 622 g/mol. The third-order valence-electron chi connectivity index (χ3n) is 8.66. The number of para-hydroxylation sites is 2. The molecule has 0 radical (unpaired) electrons. The van der Waals surface area contributed by atoms with Crippen molar-refractivity contribution in [1.29, 1.82) is 0 Å². The quantitative estimate of drug-likeness (QED) is 0.184. The van der Waals surface area contributed by atoms with Gasteiger partial charge in [0.15, 0.2) is 0 Å². The number of fused-ring (bicyclic) bond motifs is 5. The van der Waals surface area contributed by atoms with Gasteiger partial charge in [-0.05, 0) is 87.2 Å². The second-order valence-corrected chi connectivity index (χ2v) is 11.5. The highest BCUT2D eigenvalue weighted by molar-refractivity contribution is 6.22. The Morgan fingerprint density at radius 1 is 0.417 bits per heavy atom. The van der Waals surface area contributed by atoms with Crippen LogP contribution in [0, 0.1) is 0 Å². The maximum atomic E-state index is 9.74. The van der Waals surface area contributed by atoms with Gasteiger partial charge in [0.05, 0.1) is 11.0 Å². The molecule has 0 saturated carbocycles. The molecule has 1 aromatic heterocycles. The van der Waals surface area contributed by atoms with Crippen LogP contribution in [-0.4, -0.2) is 0 Å². The molecule has 1 heterocycles. The van der Waals surface area contributed by atoms with E-state index in [1.807, 2.05) is 66.7 Å². The summed E-state index contributed by atoms with van der Waals surface area (Å²) in [7, 11) is 0. The fourth-order valence-corrected chi connectivity index (χ4v) is 6.40. The molecule has 48 heavy (non-hydrogen) atoms. The van der Waals surface area contributed by atoms with Crippen LogP contribution in [0.3, 0.4) is 0 Å². The summed E-state index contributed by atoms with van der Waals surface area (Å²) >= 11 is 0. The molecule has 0 spiro atoms. The van der Waals surface area contributed by atoms with E-state index in [4.69, 9.17) is 14.0 Å². The van der Waals surface area contributed by atoms with Gasteiger partial charge in [-0.2, -0.15) is 0 Å². The summed E-state index contributed by atoms with van der Waals surface area (Å²) in [6, 6.07) is 42.6. The van der Waals surface area contributed by atoms with Crippen LogP contribution in [0.1, 0.15) is 11.0 Å². The maximum absolute atomic E-state index is 9.74. The van der Waals surface area contributed by atoms with Crippen LogP contribution in [0.5, 0.6) is 0 Å². The summed E-state index contributed by atoms with van der Waals surface area (Å²) in [5.41, 5.74) is 6.66. The topological polar surface area (TPSA) is 16.4 Å². The van der Waals surface area contributed by atoms with E-state index in [0.717, 1.165) is 28.2 Å². The van der Waals surface area contributed by atoms with E-state index in [-0.39, 0.29) is 74.5 Å². The van der Waals surface area contributed by atoms with Crippen LogP contribution >= 0.6 is 0 Å². The van der Waals surface area contributed by atoms with E-state index >= 15 is 0 Å². The molecular weight excluding hydrogens is 583 g/mol. The van der Waals surface area contributed by atoms with Crippen molar-refractivity contribution in [2.45, 2.75) is 0 Å². The molecule has 0 saturated heterocycles. The Bertz CT molecular complexity index is 2930. The van der Waals surface area contributed by atoms with E-state index in [1.165, 1.54) is 0 Å². The number of benzene rings is 8. The monoisotopic (exact) mass is 621 g/mol. The maximum Gasteiger partial charge on any atom is 0.143 e. The smallest absolute Gasteiger partial charge is 0.143 e. The first-order valence-corrected chi connectivity index (χ1v) is 15.7. The van der Waals surface area contributed by atoms with Crippen LogP contribution in [0.25, 0.3) is 66.1 Å². The number of furan rings is 1. The van der Waals surface area contributed by atoms with Crippen molar-refractivity contribution in [3.8, 4) is 33.4 Å². The number of nitrogens with zero attached hydrogens (tertiary/aromatic N) is 1. The fourth-order valence-electron chi connectivity index (χ4n) is 6.40. The Kier molecular flexibility index (Phi) is 5.07. The lowest BCUT2D eigenvalue weighted by Crippen LogP contribution is -2.09. The Hall–Kier alpha value is -6.38. The second-order valence-electron chi connectivity index (χ2n) is 11.5. The molecule has 226 valence electrons. The first-order valence-electron chi connectivity index (χ1n) is 19.7. The third kappa shape index (κ3) is 4.83. The standard InChI is InChI=1S/C46H31NO/c1-4-13-34(14-5-1)39-21-12-22-44-45(39)43-31-42(40-19-10-11-20-41(40)46(43)48-44)35-25-23-32(24-26-35)33-27-29-38(30-28-33)47(36-15-6-2-7-16-36)37-17-8-3-9-18-37/h1-31H/i10D,11D,12D,19D,20D,21D,22D,31D. The van der Waals surface area contributed by atoms with Gasteiger partial charge in [0, 0.05) is 33.2 Å². The van der Waals surface area contributed by atoms with E-state index < -0.39 is 12.1 Å². The number of hydrogen-bond acceptors (Lipinski definition) is 2. The van der Waals surface area contributed by atoms with E-state index in [1.54, 1.807) is 24.3 Å². The van der Waals surface area contributed by atoms with Crippen molar-refractivity contribution in [1.82, 2.24) is 0 Å². The molecule has 0 N–H and O–H groups in total. The van der Waals surface area contributed by atoms with Crippen LogP contribution in [0.4, 0.5) is 17.1 Å². The number of hydrogen-bond donors (Lipinski definition) is 0. The van der Waals surface area contributed by atoms with Crippen molar-refractivity contribution in [3.05, 3.63) is 188 Å². The molecule has 0 aliphatic carbocycles. The Balaban J connectivity index is 1.24. The summed E-state index contributed by atoms with van der Waals surface area (Å²) in [5.74, 6) is 0. The van der Waals surface area contributed by atoms with Crippen molar-refractivity contribution < 1.29 is 15.4 Å². The normalized spacial score (nSPS) is 13.7. The largest absolute Gasteiger partial charge is 0.455 e. The lowest BCUT2D eigenvalue weighted by atomic mass is 9.92. The zero-order valence-electron chi connectivity index (χ0n) is 33.6. The summed E-state index contributed by atoms with van der Waals surface area (Å²) in [4.78, 5) is 2.19. The average Bonchev–Trinajstić information content (AvgIpc) is 3.63. The minimum Gasteiger partial charge on any atom is -0.455 e. The molecule has 8 aromatic carbocycles. The van der Waals surface area contributed by atoms with Gasteiger partial charge >= 0.3 is 0 Å². The lowest BCUT2D eigenvalue weighted by molar-refractivity contribution is 0.673. The zero-order chi connectivity index (χ0) is 38.8. The Labute approximate surface area is 291 Å². The predicted molar refractivity (Wildman–Crippen MR) is 202 cm³/mol. The van der Waals surface area contributed by atoms with Gasteiger partial charge in [-0.25, -0.2) is 0 Å². The molecule has 2 nitrogen and oxygen atoms in total. The van der Waals surface area contributed by atoms with Gasteiger partial charge in [0.25, 0.3) is 0 Å². The molecule has 0 atom stereocenters. The Morgan fingerprint density at radius 3 is 1.58 bits per heavy atom. The molecule has 0 aliphatic rings. The highest BCUT2D eigenvalue weighted by atomic mass is 16.3. The van der Waals surface area contributed by atoms with Gasteiger partial charge in [-0.1, -0.05) is 139 Å². The molecule has 0 fully saturated rings. The summed E-state index contributed by atoms with van der Waals surface area (Å²) < 4.78 is 77.6. The first kappa shape index (κ1) is 20.7. The van der Waals surface area contributed by atoms with E-state index in [0.29, 0.717) is 16.7 Å². The van der Waals surface area contributed by atoms with Crippen LogP contribution in [0.15, 0.2) is 192 Å². The van der Waals surface area contributed by atoms with Gasteiger partial charge in [-0.15, -0.1) is 0 Å². The molecule has 0 bridgehead atoms. The molecule has 2 heteroatoms. The van der Waals surface area contributed by atoms with E-state index in [2.05, 4.69) is 53.4 Å². The lowest BCUT2D eigenvalue weighted by Gasteiger charge is -2.25. The Morgan fingerprint density at radius 2 is 0.938 bits per heavy atom. The van der Waals surface area contributed by atoms with Gasteiger partial charge < -0.3 is 9.32 Å². The molecule has 9 rings (SSSR count). The highest BCUT2D eigenvalue weighted by Crippen LogP contribution is 2.43. The molecule has 9 aromatic rings. The molecular formula is C46H31NO. The van der Waals surface area contributed by atoms with E-state index in [9.17, 15) is 1.37 Å². The van der Waals surface area contributed by atoms with Crippen molar-refractivity contribution in [2.24, 2.45) is 0 Å². The van der Waals surface area contributed by atoms with Crippen LogP contribution in [-0.2, 0) is 0 Å². The molecule has 0 unspecified atom stereocenters. The number of anilines is 3. The van der Waals surface area contributed by atoms with Gasteiger partial charge in [0.1, 0.15) is 11.2 Å². The molecule has 0 aliphatic heterocycles. The summed E-state index contributed by atoms with van der Waals surface area (Å²) in [6.45, 7) is 0. The summed E-state index contributed by atoms with van der Waals surface area (Å²) in [5, 5.41) is 0.700. The van der Waals surface area contributed by atoms with Crippen LogP contribution in [0.2, 0.25) is 0 Å². The zero-order valence-corrected chi connectivity index (χ0v) is 25.6. The molecule has 0 amide bonds. The van der Waals surface area contributed by atoms with Crippen LogP contribution < -0.4 is 4.90 Å². The summed E-state index contributed by atoms with van der Waals surface area (Å²) in [6.07, 6.45) is 0.